The molecule has 2 aromatic heterocycles. The number of imidazole rings is 1. The first-order chi connectivity index (χ1) is 16.1. The fraction of sp³-hybridized carbons (Fsp3) is 0.308. The molecule has 0 atom stereocenters. The molecule has 170 valence electrons. The summed E-state index contributed by atoms with van der Waals surface area (Å²) in [4.78, 5) is 11.4. The largest absolute Gasteiger partial charge is 0.385 e. The van der Waals surface area contributed by atoms with Gasteiger partial charge in [-0.25, -0.2) is 9.97 Å². The number of aryl methyl sites for hydroxylation is 1. The van der Waals surface area contributed by atoms with Gasteiger partial charge in [0.25, 0.3) is 0 Å². The molecule has 0 saturated carbocycles. The van der Waals surface area contributed by atoms with E-state index in [1.807, 2.05) is 10.8 Å². The Labute approximate surface area is 199 Å². The predicted octanol–water partition coefficient (Wildman–Crippen LogP) is 5.80. The van der Waals surface area contributed by atoms with Crippen molar-refractivity contribution in [1.82, 2.24) is 19.4 Å². The van der Waals surface area contributed by atoms with Crippen molar-refractivity contribution >= 4 is 27.8 Å². The first kappa shape index (κ1) is 21.7. The molecule has 0 spiro atoms. The molecule has 2 N–H and O–H groups in total. The standard InChI is InChI=1S/C26H30N6S/c1-19-3-6-22(28-16-20-9-12-31(2)13-10-20)15-24(19)29-26-30-25(17-33-26)21-4-7-23(8-5-21)32-14-11-27-18-32/h3-8,11,14-15,17-18,20,28H,9-10,12-13,16H2,1-2H3,(H,29,30). The van der Waals surface area contributed by atoms with Gasteiger partial charge >= 0.3 is 0 Å². The molecule has 1 aliphatic rings. The molecule has 4 aromatic rings. The van der Waals surface area contributed by atoms with E-state index in [-0.39, 0.29) is 0 Å². The average Bonchev–Trinajstić information content (AvgIpc) is 3.53. The van der Waals surface area contributed by atoms with Gasteiger partial charge in [0.05, 0.1) is 12.0 Å². The predicted molar refractivity (Wildman–Crippen MR) is 138 cm³/mol. The molecule has 6 nitrogen and oxygen atoms in total. The summed E-state index contributed by atoms with van der Waals surface area (Å²) in [5.74, 6) is 0.751. The molecule has 1 saturated heterocycles. The van der Waals surface area contributed by atoms with Gasteiger partial charge in [0.1, 0.15) is 0 Å². The van der Waals surface area contributed by atoms with Crippen LogP contribution in [0.15, 0.2) is 66.6 Å². The number of piperidine rings is 1. The zero-order valence-corrected chi connectivity index (χ0v) is 20.0. The molecule has 7 heteroatoms. The van der Waals surface area contributed by atoms with Crippen LogP contribution in [0.1, 0.15) is 18.4 Å². The van der Waals surface area contributed by atoms with Crippen LogP contribution in [0.25, 0.3) is 16.9 Å². The number of likely N-dealkylation sites (tertiary alicyclic amines) is 1. The summed E-state index contributed by atoms with van der Waals surface area (Å²) in [6, 6.07) is 14.9. The average molecular weight is 459 g/mol. The van der Waals surface area contributed by atoms with Crippen molar-refractivity contribution in [2.24, 2.45) is 5.92 Å². The topological polar surface area (TPSA) is 58.0 Å². The van der Waals surface area contributed by atoms with E-state index < -0.39 is 0 Å². The number of nitrogens with one attached hydrogen (secondary N) is 2. The first-order valence-corrected chi connectivity index (χ1v) is 12.4. The van der Waals surface area contributed by atoms with Crippen molar-refractivity contribution in [1.29, 1.82) is 0 Å². The second kappa shape index (κ2) is 9.77. The number of benzene rings is 2. The number of nitrogens with zero attached hydrogens (tertiary/aromatic N) is 4. The number of hydrogen-bond donors (Lipinski definition) is 2. The van der Waals surface area contributed by atoms with Crippen LogP contribution in [0.2, 0.25) is 0 Å². The van der Waals surface area contributed by atoms with Crippen molar-refractivity contribution in [3.63, 3.8) is 0 Å². The van der Waals surface area contributed by atoms with Gasteiger partial charge in [-0.2, -0.15) is 0 Å². The summed E-state index contributed by atoms with van der Waals surface area (Å²) < 4.78 is 1.99. The van der Waals surface area contributed by atoms with Gasteiger partial charge < -0.3 is 20.1 Å². The third-order valence-electron chi connectivity index (χ3n) is 6.38. The lowest BCUT2D eigenvalue weighted by Crippen LogP contribution is -2.32. The van der Waals surface area contributed by atoms with Crippen LogP contribution in [0, 0.1) is 12.8 Å². The lowest BCUT2D eigenvalue weighted by molar-refractivity contribution is 0.226. The number of aromatic nitrogens is 3. The molecule has 3 heterocycles. The van der Waals surface area contributed by atoms with E-state index in [1.165, 1.54) is 31.5 Å². The van der Waals surface area contributed by atoms with E-state index in [4.69, 9.17) is 4.98 Å². The fourth-order valence-electron chi connectivity index (χ4n) is 4.19. The molecule has 1 fully saturated rings. The zero-order valence-electron chi connectivity index (χ0n) is 19.2. The Morgan fingerprint density at radius 3 is 2.67 bits per heavy atom. The second-order valence-corrected chi connectivity index (χ2v) is 9.70. The highest BCUT2D eigenvalue weighted by Gasteiger charge is 2.16. The Hall–Kier alpha value is -3.16. The highest BCUT2D eigenvalue weighted by molar-refractivity contribution is 7.14. The molecule has 0 unspecified atom stereocenters. The third-order valence-corrected chi connectivity index (χ3v) is 7.14. The molecule has 0 amide bonds. The lowest BCUT2D eigenvalue weighted by atomic mass is 9.97. The number of rotatable bonds is 7. The van der Waals surface area contributed by atoms with Crippen LogP contribution in [-0.4, -0.2) is 46.1 Å². The lowest BCUT2D eigenvalue weighted by Gasteiger charge is -2.29. The number of hydrogen-bond acceptors (Lipinski definition) is 6. The molecule has 1 aliphatic heterocycles. The minimum atomic E-state index is 0.751. The quantitative estimate of drug-likeness (QED) is 0.366. The summed E-state index contributed by atoms with van der Waals surface area (Å²) in [5.41, 5.74) is 6.64. The first-order valence-electron chi connectivity index (χ1n) is 11.5. The summed E-state index contributed by atoms with van der Waals surface area (Å²) in [6.07, 6.45) is 8.07. The highest BCUT2D eigenvalue weighted by Crippen LogP contribution is 2.30. The number of anilines is 3. The summed E-state index contributed by atoms with van der Waals surface area (Å²) >= 11 is 1.63. The van der Waals surface area contributed by atoms with Crippen LogP contribution in [0.4, 0.5) is 16.5 Å². The Morgan fingerprint density at radius 1 is 1.09 bits per heavy atom. The van der Waals surface area contributed by atoms with E-state index in [9.17, 15) is 0 Å². The van der Waals surface area contributed by atoms with Crippen LogP contribution < -0.4 is 10.6 Å². The molecule has 0 radical (unpaired) electrons. The van der Waals surface area contributed by atoms with Crippen LogP contribution in [-0.2, 0) is 0 Å². The third kappa shape index (κ3) is 5.26. The molecule has 0 aliphatic carbocycles. The van der Waals surface area contributed by atoms with Crippen LogP contribution in [0.3, 0.4) is 0 Å². The maximum atomic E-state index is 4.83. The van der Waals surface area contributed by atoms with Crippen LogP contribution in [0.5, 0.6) is 0 Å². The smallest absolute Gasteiger partial charge is 0.187 e. The molecular formula is C26H30N6S. The van der Waals surface area contributed by atoms with Crippen molar-refractivity contribution in [3.05, 3.63) is 72.1 Å². The van der Waals surface area contributed by atoms with Gasteiger partial charge in [-0.1, -0.05) is 18.2 Å². The van der Waals surface area contributed by atoms with E-state index >= 15 is 0 Å². The Balaban J connectivity index is 1.24. The Morgan fingerprint density at radius 2 is 1.91 bits per heavy atom. The molecule has 33 heavy (non-hydrogen) atoms. The summed E-state index contributed by atoms with van der Waals surface area (Å²) in [7, 11) is 2.21. The Kier molecular flexibility index (Phi) is 6.41. The molecular weight excluding hydrogens is 428 g/mol. The van der Waals surface area contributed by atoms with Crippen molar-refractivity contribution < 1.29 is 0 Å². The van der Waals surface area contributed by atoms with Gasteiger partial charge in [-0.15, -0.1) is 11.3 Å². The Bertz CT molecular complexity index is 1170. The van der Waals surface area contributed by atoms with Gasteiger partial charge in [-0.3, -0.25) is 0 Å². The van der Waals surface area contributed by atoms with Crippen molar-refractivity contribution in [3.8, 4) is 16.9 Å². The minimum Gasteiger partial charge on any atom is -0.385 e. The maximum Gasteiger partial charge on any atom is 0.187 e. The van der Waals surface area contributed by atoms with Gasteiger partial charge in [0, 0.05) is 46.9 Å². The second-order valence-electron chi connectivity index (χ2n) is 8.84. The summed E-state index contributed by atoms with van der Waals surface area (Å²) in [5, 5.41) is 10.2. The van der Waals surface area contributed by atoms with Gasteiger partial charge in [0.15, 0.2) is 5.13 Å². The fourth-order valence-corrected chi connectivity index (χ4v) is 4.92. The SMILES string of the molecule is Cc1ccc(NCC2CCN(C)CC2)cc1Nc1nc(-c2ccc(-n3ccnc3)cc2)cs1. The van der Waals surface area contributed by atoms with Crippen molar-refractivity contribution in [2.75, 3.05) is 37.3 Å². The van der Waals surface area contributed by atoms with Gasteiger partial charge in [0.2, 0.25) is 0 Å². The minimum absolute atomic E-state index is 0.751. The van der Waals surface area contributed by atoms with Crippen LogP contribution >= 0.6 is 11.3 Å². The molecule has 0 bridgehead atoms. The highest BCUT2D eigenvalue weighted by atomic mass is 32.1. The number of thiazole rings is 1. The van der Waals surface area contributed by atoms with E-state index in [0.717, 1.165) is 45.9 Å². The molecule has 5 rings (SSSR count). The maximum absolute atomic E-state index is 4.83. The van der Waals surface area contributed by atoms with E-state index in [2.05, 4.69) is 82.3 Å². The normalized spacial score (nSPS) is 15.0. The molecule has 2 aromatic carbocycles. The summed E-state index contributed by atoms with van der Waals surface area (Å²) in [6.45, 7) is 5.57. The van der Waals surface area contributed by atoms with E-state index in [0.29, 0.717) is 0 Å². The van der Waals surface area contributed by atoms with Crippen molar-refractivity contribution in [2.45, 2.75) is 19.8 Å². The van der Waals surface area contributed by atoms with E-state index in [1.54, 1.807) is 23.9 Å². The van der Waals surface area contributed by atoms with Gasteiger partial charge in [-0.05, 0) is 75.6 Å². The monoisotopic (exact) mass is 458 g/mol. The zero-order chi connectivity index (χ0) is 22.6.